The zero-order chi connectivity index (χ0) is 18.1. The lowest BCUT2D eigenvalue weighted by Gasteiger charge is -2.08. The van der Waals surface area contributed by atoms with Crippen LogP contribution >= 0.6 is 22.9 Å². The molecule has 0 radical (unpaired) electrons. The van der Waals surface area contributed by atoms with E-state index in [1.54, 1.807) is 31.2 Å². The summed E-state index contributed by atoms with van der Waals surface area (Å²) in [5.74, 6) is -0.544. The van der Waals surface area contributed by atoms with Gasteiger partial charge in [0.2, 0.25) is 0 Å². The molecule has 0 aliphatic rings. The van der Waals surface area contributed by atoms with Gasteiger partial charge in [-0.1, -0.05) is 28.9 Å². The van der Waals surface area contributed by atoms with Crippen molar-refractivity contribution in [2.24, 2.45) is 0 Å². The van der Waals surface area contributed by atoms with E-state index in [1.165, 1.54) is 22.2 Å². The minimum atomic E-state index is -0.544. The van der Waals surface area contributed by atoms with Crippen molar-refractivity contribution in [3.8, 4) is 5.69 Å². The third-order valence-corrected chi connectivity index (χ3v) is 5.19. The number of carbonyl (C=O) groups is 1. The summed E-state index contributed by atoms with van der Waals surface area (Å²) >= 11 is 7.38. The highest BCUT2D eigenvalue weighted by molar-refractivity contribution is 7.18. The fourth-order valence-electron chi connectivity index (χ4n) is 2.41. The van der Waals surface area contributed by atoms with Gasteiger partial charge in [0.25, 0.3) is 0 Å². The predicted molar refractivity (Wildman–Crippen MR) is 99.8 cm³/mol. The Morgan fingerprint density at radius 2 is 1.96 bits per heavy atom. The van der Waals surface area contributed by atoms with E-state index in [4.69, 9.17) is 16.3 Å². The molecule has 0 spiro atoms. The van der Waals surface area contributed by atoms with Crippen LogP contribution in [0.3, 0.4) is 0 Å². The average Bonchev–Trinajstić information content (AvgIpc) is 3.29. The van der Waals surface area contributed by atoms with Crippen molar-refractivity contribution in [3.05, 3.63) is 70.5 Å². The zero-order valence-corrected chi connectivity index (χ0v) is 15.2. The molecule has 0 aliphatic carbocycles. The maximum Gasteiger partial charge on any atom is 0.361 e. The number of thiazole rings is 1. The van der Waals surface area contributed by atoms with E-state index < -0.39 is 12.1 Å². The second-order valence-corrected chi connectivity index (χ2v) is 7.09. The van der Waals surface area contributed by atoms with Gasteiger partial charge in [-0.15, -0.1) is 16.4 Å². The van der Waals surface area contributed by atoms with E-state index in [9.17, 15) is 4.79 Å². The number of fused-ring (bicyclic) bond motifs is 1. The van der Waals surface area contributed by atoms with E-state index in [0.717, 1.165) is 20.9 Å². The Hall–Kier alpha value is -2.77. The van der Waals surface area contributed by atoms with Crippen molar-refractivity contribution in [1.82, 2.24) is 20.0 Å². The van der Waals surface area contributed by atoms with Crippen LogP contribution in [-0.4, -0.2) is 25.9 Å². The van der Waals surface area contributed by atoms with Crippen LogP contribution in [0.1, 0.15) is 28.5 Å². The highest BCUT2D eigenvalue weighted by atomic mass is 35.5. The molecular weight excluding hydrogens is 372 g/mol. The summed E-state index contributed by atoms with van der Waals surface area (Å²) in [6.07, 6.45) is 1.05. The number of hydrogen-bond acceptors (Lipinski definition) is 6. The average molecular weight is 385 g/mol. The van der Waals surface area contributed by atoms with Crippen molar-refractivity contribution >= 4 is 39.1 Å². The summed E-state index contributed by atoms with van der Waals surface area (Å²) in [5.41, 5.74) is 1.78. The maximum atomic E-state index is 12.4. The lowest BCUT2D eigenvalue weighted by Crippen LogP contribution is -2.09. The molecule has 2 heterocycles. The lowest BCUT2D eigenvalue weighted by atomic mass is 10.3. The summed E-state index contributed by atoms with van der Waals surface area (Å²) in [6.45, 7) is 1.79. The van der Waals surface area contributed by atoms with Crippen LogP contribution in [0, 0.1) is 0 Å². The van der Waals surface area contributed by atoms with Gasteiger partial charge in [0.05, 0.1) is 22.1 Å². The van der Waals surface area contributed by atoms with Crippen LogP contribution in [0.4, 0.5) is 0 Å². The van der Waals surface area contributed by atoms with E-state index in [1.807, 2.05) is 24.3 Å². The molecule has 0 fully saturated rings. The molecule has 6 nitrogen and oxygen atoms in total. The topological polar surface area (TPSA) is 69.9 Å². The van der Waals surface area contributed by atoms with Gasteiger partial charge in [0.15, 0.2) is 11.8 Å². The molecule has 0 saturated heterocycles. The normalized spacial score (nSPS) is 12.2. The first-order chi connectivity index (χ1) is 12.6. The van der Waals surface area contributed by atoms with E-state index >= 15 is 0 Å². The minimum absolute atomic E-state index is 0.132. The molecule has 4 rings (SSSR count). The molecular formula is C18H13ClN4O2S. The lowest BCUT2D eigenvalue weighted by molar-refractivity contribution is 0.0330. The van der Waals surface area contributed by atoms with Gasteiger partial charge >= 0.3 is 5.97 Å². The third-order valence-electron chi connectivity index (χ3n) is 3.74. The second-order valence-electron chi connectivity index (χ2n) is 5.59. The Kier molecular flexibility index (Phi) is 4.40. The van der Waals surface area contributed by atoms with E-state index in [0.29, 0.717) is 5.02 Å². The molecule has 0 saturated carbocycles. The van der Waals surface area contributed by atoms with Crippen LogP contribution < -0.4 is 0 Å². The van der Waals surface area contributed by atoms with Crippen LogP contribution in [0.5, 0.6) is 0 Å². The first-order valence-corrected chi connectivity index (χ1v) is 9.04. The first kappa shape index (κ1) is 16.7. The molecule has 0 amide bonds. The summed E-state index contributed by atoms with van der Waals surface area (Å²) in [5, 5.41) is 9.22. The third kappa shape index (κ3) is 3.31. The number of para-hydroxylation sites is 1. The van der Waals surface area contributed by atoms with Crippen LogP contribution in [0.25, 0.3) is 15.9 Å². The SMILES string of the molecule is C[C@H](OC(=O)c1cn(-c2ccc(Cl)cc2)nn1)c1nc2ccccc2s1. The van der Waals surface area contributed by atoms with Crippen LogP contribution in [0.2, 0.25) is 5.02 Å². The van der Waals surface area contributed by atoms with Crippen molar-refractivity contribution < 1.29 is 9.53 Å². The molecule has 26 heavy (non-hydrogen) atoms. The quantitative estimate of drug-likeness (QED) is 0.486. The number of nitrogens with zero attached hydrogens (tertiary/aromatic N) is 4. The molecule has 0 N–H and O–H groups in total. The molecule has 0 unspecified atom stereocenters. The predicted octanol–water partition coefficient (Wildman–Crippen LogP) is 4.45. The van der Waals surface area contributed by atoms with Gasteiger partial charge in [-0.3, -0.25) is 0 Å². The summed E-state index contributed by atoms with van der Waals surface area (Å²) in [4.78, 5) is 16.9. The smallest absolute Gasteiger partial charge is 0.361 e. The van der Waals surface area contributed by atoms with Gasteiger partial charge in [-0.05, 0) is 43.3 Å². The summed E-state index contributed by atoms with van der Waals surface area (Å²) in [7, 11) is 0. The number of ether oxygens (including phenoxy) is 1. The zero-order valence-electron chi connectivity index (χ0n) is 13.7. The number of benzene rings is 2. The van der Waals surface area contributed by atoms with E-state index in [2.05, 4.69) is 15.3 Å². The summed E-state index contributed by atoms with van der Waals surface area (Å²) < 4.78 is 8.04. The van der Waals surface area contributed by atoms with Gasteiger partial charge in [0.1, 0.15) is 5.01 Å². The first-order valence-electron chi connectivity index (χ1n) is 7.85. The van der Waals surface area contributed by atoms with Gasteiger partial charge in [-0.25, -0.2) is 14.5 Å². The minimum Gasteiger partial charge on any atom is -0.450 e. The van der Waals surface area contributed by atoms with Crippen molar-refractivity contribution in [1.29, 1.82) is 0 Å². The second kappa shape index (κ2) is 6.86. The highest BCUT2D eigenvalue weighted by Gasteiger charge is 2.20. The number of carbonyl (C=O) groups excluding carboxylic acids is 1. The molecule has 2 aromatic carbocycles. The molecule has 2 aromatic heterocycles. The Balaban J connectivity index is 1.50. The van der Waals surface area contributed by atoms with Crippen molar-refractivity contribution in [3.63, 3.8) is 0 Å². The number of aromatic nitrogens is 4. The van der Waals surface area contributed by atoms with E-state index in [-0.39, 0.29) is 5.69 Å². The number of esters is 1. The summed E-state index contributed by atoms with van der Waals surface area (Å²) in [6, 6.07) is 14.9. The van der Waals surface area contributed by atoms with Crippen molar-refractivity contribution in [2.75, 3.05) is 0 Å². The van der Waals surface area contributed by atoms with Crippen molar-refractivity contribution in [2.45, 2.75) is 13.0 Å². The molecule has 0 aliphatic heterocycles. The Morgan fingerprint density at radius 3 is 2.73 bits per heavy atom. The number of hydrogen-bond donors (Lipinski definition) is 0. The molecule has 0 bridgehead atoms. The Morgan fingerprint density at radius 1 is 1.19 bits per heavy atom. The molecule has 130 valence electrons. The highest BCUT2D eigenvalue weighted by Crippen LogP contribution is 2.28. The van der Waals surface area contributed by atoms with Gasteiger partial charge in [0, 0.05) is 5.02 Å². The fourth-order valence-corrected chi connectivity index (χ4v) is 3.49. The van der Waals surface area contributed by atoms with Crippen LogP contribution in [0.15, 0.2) is 54.7 Å². The Bertz CT molecular complexity index is 1040. The van der Waals surface area contributed by atoms with Gasteiger partial charge < -0.3 is 4.74 Å². The molecule has 1 atom stereocenters. The fraction of sp³-hybridized carbons (Fsp3) is 0.111. The Labute approximate surface area is 158 Å². The molecule has 8 heteroatoms. The number of rotatable bonds is 4. The monoisotopic (exact) mass is 384 g/mol. The standard InChI is InChI=1S/C18H13ClN4O2S/c1-11(17-20-14-4-2-3-5-16(14)26-17)25-18(24)15-10-23(22-21-15)13-8-6-12(19)7-9-13/h2-11H,1H3/t11-/m0/s1. The maximum absolute atomic E-state index is 12.4. The largest absolute Gasteiger partial charge is 0.450 e. The number of halogens is 1. The van der Waals surface area contributed by atoms with Gasteiger partial charge in [-0.2, -0.15) is 0 Å². The molecule has 4 aromatic rings. The van der Waals surface area contributed by atoms with Crippen LogP contribution in [-0.2, 0) is 4.74 Å².